The van der Waals surface area contributed by atoms with E-state index in [0.29, 0.717) is 5.54 Å². The Bertz CT molecular complexity index is 177. The third kappa shape index (κ3) is 3.17. The highest BCUT2D eigenvalue weighted by molar-refractivity contribution is 6.75. The van der Waals surface area contributed by atoms with Gasteiger partial charge in [0.05, 0.1) is 0 Å². The van der Waals surface area contributed by atoms with Crippen LogP contribution in [-0.4, -0.2) is 14.4 Å². The molecule has 0 bridgehead atoms. The maximum absolute atomic E-state index is 6.05. The van der Waals surface area contributed by atoms with Crippen molar-refractivity contribution in [1.82, 2.24) is 0 Å². The van der Waals surface area contributed by atoms with Crippen molar-refractivity contribution in [1.29, 1.82) is 0 Å². The minimum atomic E-state index is -1.55. The number of terminal acetylenes is 1. The van der Waals surface area contributed by atoms with Crippen LogP contribution in [0.1, 0.15) is 34.6 Å². The molecule has 0 N–H and O–H groups in total. The van der Waals surface area contributed by atoms with Crippen LogP contribution < -0.4 is 0 Å². The second-order valence-corrected chi connectivity index (χ2v) is 8.79. The van der Waals surface area contributed by atoms with E-state index in [-0.39, 0.29) is 6.10 Å². The molecule has 0 saturated carbocycles. The van der Waals surface area contributed by atoms with Crippen LogP contribution in [0.3, 0.4) is 0 Å². The minimum absolute atomic E-state index is 0.0195. The summed E-state index contributed by atoms with van der Waals surface area (Å²) in [6.45, 7) is 10.9. The molecule has 0 heterocycles. The van der Waals surface area contributed by atoms with Crippen LogP contribution in [-0.2, 0) is 4.43 Å². The lowest BCUT2D eigenvalue weighted by molar-refractivity contribution is 0.255. The first-order valence-electron chi connectivity index (χ1n) is 5.16. The van der Waals surface area contributed by atoms with Crippen molar-refractivity contribution in [2.75, 3.05) is 0 Å². The molecule has 0 aliphatic heterocycles. The summed E-state index contributed by atoms with van der Waals surface area (Å²) in [6, 6.07) is 2.32. The summed E-state index contributed by atoms with van der Waals surface area (Å²) in [5.41, 5.74) is 0.651. The van der Waals surface area contributed by atoms with E-state index in [2.05, 4.69) is 33.6 Å². The minimum Gasteiger partial charge on any atom is -0.403 e. The van der Waals surface area contributed by atoms with E-state index >= 15 is 0 Å². The lowest BCUT2D eigenvalue weighted by Gasteiger charge is -2.34. The fourth-order valence-electron chi connectivity index (χ4n) is 1.76. The predicted molar refractivity (Wildman–Crippen MR) is 61.2 cm³/mol. The van der Waals surface area contributed by atoms with Gasteiger partial charge in [0.15, 0.2) is 8.32 Å². The molecule has 13 heavy (non-hydrogen) atoms. The van der Waals surface area contributed by atoms with Gasteiger partial charge in [-0.1, -0.05) is 33.6 Å². The lowest BCUT2D eigenvalue weighted by Crippen LogP contribution is -2.42. The number of hydrogen-bond donors (Lipinski definition) is 0. The molecule has 0 aromatic carbocycles. The average Bonchev–Trinajstić information content (AvgIpc) is 2.13. The molecule has 0 aliphatic rings. The largest absolute Gasteiger partial charge is 0.403 e. The molecule has 0 rings (SSSR count). The Balaban J connectivity index is 4.50. The van der Waals surface area contributed by atoms with Gasteiger partial charge in [0.2, 0.25) is 0 Å². The first-order valence-corrected chi connectivity index (χ1v) is 7.56. The van der Waals surface area contributed by atoms with Gasteiger partial charge in [0.1, 0.15) is 6.10 Å². The summed E-state index contributed by atoms with van der Waals surface area (Å²) in [4.78, 5) is 0. The lowest BCUT2D eigenvalue weighted by atomic mass is 10.4. The predicted octanol–water partition coefficient (Wildman–Crippen LogP) is 3.42. The highest BCUT2D eigenvalue weighted by Gasteiger charge is 2.35. The molecule has 0 unspecified atom stereocenters. The summed E-state index contributed by atoms with van der Waals surface area (Å²) in [5, 5.41) is 0. The van der Waals surface area contributed by atoms with Crippen molar-refractivity contribution in [2.45, 2.75) is 58.4 Å². The van der Waals surface area contributed by atoms with Crippen LogP contribution in [0.2, 0.25) is 17.6 Å². The molecule has 1 nitrogen and oxygen atoms in total. The zero-order valence-electron chi connectivity index (χ0n) is 9.55. The molecule has 0 aliphatic carbocycles. The molecular weight excluding hydrogens is 176 g/mol. The molecule has 0 aromatic rings. The van der Waals surface area contributed by atoms with E-state index in [1.807, 2.05) is 6.92 Å². The highest BCUT2D eigenvalue weighted by atomic mass is 28.4. The molecule has 2 heteroatoms. The monoisotopic (exact) mass is 198 g/mol. The van der Waals surface area contributed by atoms with Gasteiger partial charge in [-0.25, -0.2) is 0 Å². The third-order valence-electron chi connectivity index (χ3n) is 2.90. The van der Waals surface area contributed by atoms with E-state index in [4.69, 9.17) is 10.8 Å². The molecular formula is C11H22OSi. The van der Waals surface area contributed by atoms with Gasteiger partial charge < -0.3 is 4.43 Å². The molecule has 76 valence electrons. The Hall–Kier alpha value is -0.263. The van der Waals surface area contributed by atoms with Gasteiger partial charge in [0.25, 0.3) is 0 Å². The van der Waals surface area contributed by atoms with Gasteiger partial charge in [-0.2, -0.15) is 0 Å². The van der Waals surface area contributed by atoms with Crippen molar-refractivity contribution in [2.24, 2.45) is 0 Å². The second kappa shape index (κ2) is 5.46. The van der Waals surface area contributed by atoms with Crippen molar-refractivity contribution in [3.8, 4) is 12.3 Å². The normalized spacial score (nSPS) is 14.2. The summed E-state index contributed by atoms with van der Waals surface area (Å²) >= 11 is 0. The van der Waals surface area contributed by atoms with Crippen LogP contribution >= 0.6 is 0 Å². The Morgan fingerprint density at radius 3 is 1.92 bits per heavy atom. The zero-order chi connectivity index (χ0) is 10.5. The van der Waals surface area contributed by atoms with Crippen LogP contribution in [0.4, 0.5) is 0 Å². The average molecular weight is 198 g/mol. The quantitative estimate of drug-likeness (QED) is 0.486. The standard InChI is InChI=1S/C11H22OSi/c1-7-11(6)12-13(8-2,9-3)10(4)5/h1,10-11H,8-9H2,2-6H3/t11-/m1/s1. The first-order chi connectivity index (χ1) is 6.02. The van der Waals surface area contributed by atoms with E-state index in [1.165, 1.54) is 0 Å². The molecule has 0 saturated heterocycles. The van der Waals surface area contributed by atoms with Gasteiger partial charge in [-0.15, -0.1) is 6.42 Å². The van der Waals surface area contributed by atoms with Gasteiger partial charge in [-0.3, -0.25) is 0 Å². The Morgan fingerprint density at radius 1 is 1.23 bits per heavy atom. The zero-order valence-corrected chi connectivity index (χ0v) is 10.6. The molecule has 0 amide bonds. The Labute approximate surface area is 84.0 Å². The molecule has 1 atom stereocenters. The van der Waals surface area contributed by atoms with E-state index in [9.17, 15) is 0 Å². The molecule has 0 fully saturated rings. The maximum Gasteiger partial charge on any atom is 0.196 e. The fourth-order valence-corrected chi connectivity index (χ4v) is 5.27. The smallest absolute Gasteiger partial charge is 0.196 e. The number of hydrogen-bond acceptors (Lipinski definition) is 1. The van der Waals surface area contributed by atoms with E-state index < -0.39 is 8.32 Å². The van der Waals surface area contributed by atoms with E-state index in [0.717, 1.165) is 12.1 Å². The highest BCUT2D eigenvalue weighted by Crippen LogP contribution is 2.30. The Kier molecular flexibility index (Phi) is 5.35. The third-order valence-corrected chi connectivity index (χ3v) is 8.22. The Morgan fingerprint density at radius 2 is 1.69 bits per heavy atom. The van der Waals surface area contributed by atoms with Crippen molar-refractivity contribution in [3.63, 3.8) is 0 Å². The summed E-state index contributed by atoms with van der Waals surface area (Å²) in [7, 11) is -1.55. The molecule has 0 spiro atoms. The second-order valence-electron chi connectivity index (χ2n) is 3.85. The van der Waals surface area contributed by atoms with Gasteiger partial charge >= 0.3 is 0 Å². The fraction of sp³-hybridized carbons (Fsp3) is 0.818. The maximum atomic E-state index is 6.05. The van der Waals surface area contributed by atoms with Crippen molar-refractivity contribution in [3.05, 3.63) is 0 Å². The molecule has 0 radical (unpaired) electrons. The van der Waals surface area contributed by atoms with Gasteiger partial charge in [-0.05, 0) is 24.6 Å². The number of rotatable bonds is 5. The van der Waals surface area contributed by atoms with Crippen molar-refractivity contribution >= 4 is 8.32 Å². The molecule has 0 aromatic heterocycles. The first kappa shape index (κ1) is 12.7. The van der Waals surface area contributed by atoms with Crippen LogP contribution in [0.15, 0.2) is 0 Å². The summed E-state index contributed by atoms with van der Waals surface area (Å²) < 4.78 is 6.05. The summed E-state index contributed by atoms with van der Waals surface area (Å²) in [5.74, 6) is 2.66. The van der Waals surface area contributed by atoms with Crippen LogP contribution in [0.25, 0.3) is 0 Å². The van der Waals surface area contributed by atoms with E-state index in [1.54, 1.807) is 0 Å². The van der Waals surface area contributed by atoms with Crippen LogP contribution in [0, 0.1) is 12.3 Å². The summed E-state index contributed by atoms with van der Waals surface area (Å²) in [6.07, 6.45) is 5.32. The SMILES string of the molecule is C#C[C@@H](C)O[Si](CC)(CC)C(C)C. The topological polar surface area (TPSA) is 9.23 Å². The van der Waals surface area contributed by atoms with Gasteiger partial charge in [0, 0.05) is 0 Å². The van der Waals surface area contributed by atoms with Crippen LogP contribution in [0.5, 0.6) is 0 Å². The van der Waals surface area contributed by atoms with Crippen molar-refractivity contribution < 1.29 is 4.43 Å².